The second-order valence-electron chi connectivity index (χ2n) is 3.70. The molecule has 0 aliphatic heterocycles. The molecule has 1 rings (SSSR count). The van der Waals surface area contributed by atoms with Gasteiger partial charge in [-0.1, -0.05) is 24.3 Å². The minimum Gasteiger partial charge on any atom is -0.490 e. The van der Waals surface area contributed by atoms with Crippen molar-refractivity contribution in [3.05, 3.63) is 42.0 Å². The Bertz CT molecular complexity index is 337. The minimum atomic E-state index is 0.622. The molecule has 3 heteroatoms. The summed E-state index contributed by atoms with van der Waals surface area (Å²) in [5.74, 6) is 0.911. The second kappa shape index (κ2) is 8.79. The molecule has 0 bridgehead atoms. The molecule has 0 amide bonds. The standard InChI is InChI=1S/C14H21NO2/c1-3-4-9-17-14-7-5-6-13(11-14)12-15-8-10-16-2/h3-7,11,15H,8-10,12H2,1-2H3. The third-order valence-electron chi connectivity index (χ3n) is 2.29. The van der Waals surface area contributed by atoms with Gasteiger partial charge >= 0.3 is 0 Å². The van der Waals surface area contributed by atoms with Crippen LogP contribution in [0.25, 0.3) is 0 Å². The average molecular weight is 235 g/mol. The summed E-state index contributed by atoms with van der Waals surface area (Å²) in [6.45, 7) is 5.04. The van der Waals surface area contributed by atoms with Gasteiger partial charge in [-0.25, -0.2) is 0 Å². The first-order valence-electron chi connectivity index (χ1n) is 5.89. The molecule has 94 valence electrons. The van der Waals surface area contributed by atoms with Gasteiger partial charge < -0.3 is 14.8 Å². The third-order valence-corrected chi connectivity index (χ3v) is 2.29. The monoisotopic (exact) mass is 235 g/mol. The first kappa shape index (κ1) is 13.7. The summed E-state index contributed by atoms with van der Waals surface area (Å²) in [5, 5.41) is 3.30. The molecule has 0 atom stereocenters. The lowest BCUT2D eigenvalue weighted by Gasteiger charge is -2.07. The Labute approximate surface area is 103 Å². The number of benzene rings is 1. The van der Waals surface area contributed by atoms with Crippen molar-refractivity contribution in [3.63, 3.8) is 0 Å². The third kappa shape index (κ3) is 6.09. The van der Waals surface area contributed by atoms with E-state index in [0.717, 1.165) is 25.4 Å². The van der Waals surface area contributed by atoms with Crippen LogP contribution in [0.5, 0.6) is 5.75 Å². The lowest BCUT2D eigenvalue weighted by molar-refractivity contribution is 0.199. The molecule has 0 aliphatic carbocycles. The first-order chi connectivity index (χ1) is 8.36. The van der Waals surface area contributed by atoms with Crippen molar-refractivity contribution in [3.8, 4) is 5.75 Å². The lowest BCUT2D eigenvalue weighted by atomic mass is 10.2. The Morgan fingerprint density at radius 3 is 3.00 bits per heavy atom. The number of rotatable bonds is 8. The fraction of sp³-hybridized carbons (Fsp3) is 0.429. The Morgan fingerprint density at radius 2 is 2.24 bits per heavy atom. The molecule has 1 aromatic rings. The molecule has 17 heavy (non-hydrogen) atoms. The van der Waals surface area contributed by atoms with Crippen molar-refractivity contribution in [2.75, 3.05) is 26.9 Å². The molecule has 0 saturated heterocycles. The van der Waals surface area contributed by atoms with Crippen LogP contribution in [-0.4, -0.2) is 26.9 Å². The number of ether oxygens (including phenoxy) is 2. The van der Waals surface area contributed by atoms with Crippen LogP contribution < -0.4 is 10.1 Å². The van der Waals surface area contributed by atoms with E-state index in [1.807, 2.05) is 31.2 Å². The zero-order valence-electron chi connectivity index (χ0n) is 10.6. The van der Waals surface area contributed by atoms with Crippen LogP contribution in [0.1, 0.15) is 12.5 Å². The van der Waals surface area contributed by atoms with Gasteiger partial charge in [-0.2, -0.15) is 0 Å². The molecule has 1 aromatic carbocycles. The molecule has 0 unspecified atom stereocenters. The van der Waals surface area contributed by atoms with Crippen LogP contribution in [0.4, 0.5) is 0 Å². The van der Waals surface area contributed by atoms with Gasteiger partial charge in [0.1, 0.15) is 12.4 Å². The van der Waals surface area contributed by atoms with Gasteiger partial charge in [-0.05, 0) is 24.6 Å². The molecule has 0 aliphatic rings. The Kier molecular flexibility index (Phi) is 7.11. The molecular formula is C14H21NO2. The number of methoxy groups -OCH3 is 1. The van der Waals surface area contributed by atoms with Crippen LogP contribution in [0.15, 0.2) is 36.4 Å². The van der Waals surface area contributed by atoms with Crippen LogP contribution in [0.3, 0.4) is 0 Å². The molecule has 0 fully saturated rings. The van der Waals surface area contributed by atoms with Gasteiger partial charge in [0, 0.05) is 20.2 Å². The van der Waals surface area contributed by atoms with Crippen molar-refractivity contribution in [2.24, 2.45) is 0 Å². The van der Waals surface area contributed by atoms with Crippen LogP contribution in [0.2, 0.25) is 0 Å². The fourth-order valence-electron chi connectivity index (χ4n) is 1.39. The van der Waals surface area contributed by atoms with Gasteiger partial charge in [0.25, 0.3) is 0 Å². The molecule has 1 N–H and O–H groups in total. The van der Waals surface area contributed by atoms with Crippen LogP contribution in [0, 0.1) is 0 Å². The van der Waals surface area contributed by atoms with Crippen molar-refractivity contribution >= 4 is 0 Å². The number of hydrogen-bond donors (Lipinski definition) is 1. The maximum atomic E-state index is 5.58. The minimum absolute atomic E-state index is 0.622. The van der Waals surface area contributed by atoms with E-state index in [1.165, 1.54) is 5.56 Å². The zero-order chi connectivity index (χ0) is 12.3. The summed E-state index contributed by atoms with van der Waals surface area (Å²) in [7, 11) is 1.71. The SMILES string of the molecule is CC=CCOc1cccc(CNCCOC)c1. The van der Waals surface area contributed by atoms with Crippen molar-refractivity contribution in [2.45, 2.75) is 13.5 Å². The fourth-order valence-corrected chi connectivity index (χ4v) is 1.39. The van der Waals surface area contributed by atoms with E-state index in [-0.39, 0.29) is 0 Å². The summed E-state index contributed by atoms with van der Waals surface area (Å²) in [4.78, 5) is 0. The highest BCUT2D eigenvalue weighted by atomic mass is 16.5. The van der Waals surface area contributed by atoms with Crippen LogP contribution >= 0.6 is 0 Å². The van der Waals surface area contributed by atoms with Crippen molar-refractivity contribution < 1.29 is 9.47 Å². The van der Waals surface area contributed by atoms with Gasteiger partial charge in [0.2, 0.25) is 0 Å². The normalized spacial score (nSPS) is 10.9. The molecule has 0 spiro atoms. The van der Waals surface area contributed by atoms with E-state index in [4.69, 9.17) is 9.47 Å². The predicted molar refractivity (Wildman–Crippen MR) is 70.3 cm³/mol. The quantitative estimate of drug-likeness (QED) is 0.554. The first-order valence-corrected chi connectivity index (χ1v) is 5.89. The lowest BCUT2D eigenvalue weighted by Crippen LogP contribution is -2.18. The molecule has 0 aromatic heterocycles. The average Bonchev–Trinajstić information content (AvgIpc) is 2.36. The molecular weight excluding hydrogens is 214 g/mol. The second-order valence-corrected chi connectivity index (χ2v) is 3.70. The topological polar surface area (TPSA) is 30.5 Å². The summed E-state index contributed by atoms with van der Waals surface area (Å²) in [5.41, 5.74) is 1.22. The summed E-state index contributed by atoms with van der Waals surface area (Å²) in [6.07, 6.45) is 3.97. The molecule has 0 radical (unpaired) electrons. The molecule has 0 saturated carbocycles. The predicted octanol–water partition coefficient (Wildman–Crippen LogP) is 2.38. The summed E-state index contributed by atoms with van der Waals surface area (Å²) >= 11 is 0. The zero-order valence-corrected chi connectivity index (χ0v) is 10.6. The number of hydrogen-bond acceptors (Lipinski definition) is 3. The highest BCUT2D eigenvalue weighted by Crippen LogP contribution is 2.13. The Morgan fingerprint density at radius 1 is 1.35 bits per heavy atom. The van der Waals surface area contributed by atoms with E-state index in [9.17, 15) is 0 Å². The summed E-state index contributed by atoms with van der Waals surface area (Å²) in [6, 6.07) is 8.13. The van der Waals surface area contributed by atoms with Crippen molar-refractivity contribution in [1.82, 2.24) is 5.32 Å². The van der Waals surface area contributed by atoms with Gasteiger partial charge in [0.15, 0.2) is 0 Å². The van der Waals surface area contributed by atoms with E-state index in [2.05, 4.69) is 17.4 Å². The van der Waals surface area contributed by atoms with Gasteiger partial charge in [-0.15, -0.1) is 0 Å². The maximum absolute atomic E-state index is 5.58. The van der Waals surface area contributed by atoms with Gasteiger partial charge in [-0.3, -0.25) is 0 Å². The highest BCUT2D eigenvalue weighted by Gasteiger charge is 1.96. The molecule has 3 nitrogen and oxygen atoms in total. The Hall–Kier alpha value is -1.32. The smallest absolute Gasteiger partial charge is 0.120 e. The van der Waals surface area contributed by atoms with E-state index in [0.29, 0.717) is 6.61 Å². The van der Waals surface area contributed by atoms with E-state index in [1.54, 1.807) is 7.11 Å². The number of nitrogens with one attached hydrogen (secondary N) is 1. The van der Waals surface area contributed by atoms with Crippen molar-refractivity contribution in [1.29, 1.82) is 0 Å². The van der Waals surface area contributed by atoms with Gasteiger partial charge in [0.05, 0.1) is 6.61 Å². The van der Waals surface area contributed by atoms with E-state index >= 15 is 0 Å². The highest BCUT2D eigenvalue weighted by molar-refractivity contribution is 5.28. The Balaban J connectivity index is 2.36. The molecule has 0 heterocycles. The number of allylic oxidation sites excluding steroid dienone is 1. The van der Waals surface area contributed by atoms with E-state index < -0.39 is 0 Å². The van der Waals surface area contributed by atoms with Crippen LogP contribution in [-0.2, 0) is 11.3 Å². The largest absolute Gasteiger partial charge is 0.490 e. The maximum Gasteiger partial charge on any atom is 0.120 e. The summed E-state index contributed by atoms with van der Waals surface area (Å²) < 4.78 is 10.5.